The van der Waals surface area contributed by atoms with Crippen LogP contribution in [0.15, 0.2) is 60.7 Å². The molecule has 0 bridgehead atoms. The Labute approximate surface area is 162 Å². The molecule has 0 aliphatic heterocycles. The smallest absolute Gasteiger partial charge is 0.171 e. The third kappa shape index (κ3) is 5.40. The van der Waals surface area contributed by atoms with Gasteiger partial charge < -0.3 is 16.0 Å². The van der Waals surface area contributed by atoms with E-state index in [1.807, 2.05) is 24.3 Å². The van der Waals surface area contributed by atoms with Crippen molar-refractivity contribution < 1.29 is 0 Å². The Balaban J connectivity index is 1.50. The van der Waals surface area contributed by atoms with Crippen molar-refractivity contribution in [1.29, 1.82) is 0 Å². The van der Waals surface area contributed by atoms with Crippen molar-refractivity contribution in [2.24, 2.45) is 0 Å². The van der Waals surface area contributed by atoms with Crippen LogP contribution in [0.5, 0.6) is 0 Å². The number of hydrogen-bond acceptors (Lipinski definition) is 4. The van der Waals surface area contributed by atoms with Crippen LogP contribution < -0.4 is 16.0 Å². The molecule has 7 heteroatoms. The molecule has 0 aliphatic carbocycles. The average molecular weight is 384 g/mol. The second-order valence-corrected chi connectivity index (χ2v) is 6.53. The van der Waals surface area contributed by atoms with Crippen LogP contribution in [0.1, 0.15) is 11.1 Å². The van der Waals surface area contributed by atoms with Crippen molar-refractivity contribution in [3.63, 3.8) is 0 Å². The fraction of sp³-hybridized carbons (Fsp3) is 0.105. The number of anilines is 3. The van der Waals surface area contributed by atoms with E-state index in [1.54, 1.807) is 12.1 Å². The summed E-state index contributed by atoms with van der Waals surface area (Å²) in [5.74, 6) is 0.630. The highest BCUT2D eigenvalue weighted by Gasteiger charge is 2.01. The number of benzene rings is 2. The second-order valence-electron chi connectivity index (χ2n) is 5.74. The molecule has 3 rings (SSSR count). The SMILES string of the molecule is Cc1ccc(CNC(=S)Nc2ccc(Nc3ccc(Cl)nn3)cc2)cc1. The van der Waals surface area contributed by atoms with E-state index < -0.39 is 0 Å². The Morgan fingerprint density at radius 1 is 0.923 bits per heavy atom. The summed E-state index contributed by atoms with van der Waals surface area (Å²) in [4.78, 5) is 0. The molecule has 0 atom stereocenters. The van der Waals surface area contributed by atoms with Crippen LogP contribution in [0.4, 0.5) is 17.2 Å². The van der Waals surface area contributed by atoms with E-state index in [9.17, 15) is 0 Å². The summed E-state index contributed by atoms with van der Waals surface area (Å²) in [6.07, 6.45) is 0. The van der Waals surface area contributed by atoms with Gasteiger partial charge in [0.05, 0.1) is 0 Å². The molecule has 0 saturated carbocycles. The van der Waals surface area contributed by atoms with E-state index in [4.69, 9.17) is 23.8 Å². The Morgan fingerprint density at radius 3 is 2.27 bits per heavy atom. The molecule has 0 amide bonds. The molecule has 0 radical (unpaired) electrons. The van der Waals surface area contributed by atoms with Crippen molar-refractivity contribution in [3.05, 3.63) is 76.9 Å². The summed E-state index contributed by atoms with van der Waals surface area (Å²) >= 11 is 11.1. The minimum atomic E-state index is 0.363. The fourth-order valence-corrected chi connectivity index (χ4v) is 2.52. The first kappa shape index (κ1) is 18.1. The van der Waals surface area contributed by atoms with Gasteiger partial charge in [-0.05, 0) is 61.1 Å². The minimum Gasteiger partial charge on any atom is -0.358 e. The quantitative estimate of drug-likeness (QED) is 0.556. The third-order valence-corrected chi connectivity index (χ3v) is 4.07. The molecule has 2 aromatic carbocycles. The van der Waals surface area contributed by atoms with Crippen LogP contribution in [0.2, 0.25) is 5.15 Å². The van der Waals surface area contributed by atoms with E-state index in [0.717, 1.165) is 11.4 Å². The lowest BCUT2D eigenvalue weighted by molar-refractivity contribution is 0.925. The van der Waals surface area contributed by atoms with Crippen molar-refractivity contribution in [3.8, 4) is 0 Å². The molecular weight excluding hydrogens is 366 g/mol. The molecular formula is C19H18ClN5S. The molecule has 0 saturated heterocycles. The number of hydrogen-bond donors (Lipinski definition) is 3. The lowest BCUT2D eigenvalue weighted by Crippen LogP contribution is -2.27. The Hall–Kier alpha value is -2.70. The first-order chi connectivity index (χ1) is 12.6. The topological polar surface area (TPSA) is 61.9 Å². The lowest BCUT2D eigenvalue weighted by Gasteiger charge is -2.11. The van der Waals surface area contributed by atoms with E-state index in [2.05, 4.69) is 57.3 Å². The number of halogens is 1. The van der Waals surface area contributed by atoms with Gasteiger partial charge in [0, 0.05) is 17.9 Å². The van der Waals surface area contributed by atoms with Gasteiger partial charge in [-0.3, -0.25) is 0 Å². The number of thiocarbonyl (C=S) groups is 1. The fourth-order valence-electron chi connectivity index (χ4n) is 2.23. The molecule has 0 unspecified atom stereocenters. The maximum atomic E-state index is 5.73. The van der Waals surface area contributed by atoms with Crippen molar-refractivity contribution in [1.82, 2.24) is 15.5 Å². The van der Waals surface area contributed by atoms with Crippen molar-refractivity contribution in [2.75, 3.05) is 10.6 Å². The van der Waals surface area contributed by atoms with Gasteiger partial charge in [-0.1, -0.05) is 41.4 Å². The number of nitrogens with zero attached hydrogens (tertiary/aromatic N) is 2. The molecule has 3 N–H and O–H groups in total. The standard InChI is InChI=1S/C19H18ClN5S/c1-13-2-4-14(5-3-13)12-21-19(26)23-16-8-6-15(7-9-16)22-18-11-10-17(20)24-25-18/h2-11H,12H2,1H3,(H,22,25)(H2,21,23,26). The molecule has 0 spiro atoms. The summed E-state index contributed by atoms with van der Waals surface area (Å²) < 4.78 is 0. The van der Waals surface area contributed by atoms with Gasteiger partial charge in [-0.2, -0.15) is 0 Å². The summed E-state index contributed by atoms with van der Waals surface area (Å²) in [5.41, 5.74) is 4.22. The van der Waals surface area contributed by atoms with Gasteiger partial charge >= 0.3 is 0 Å². The maximum Gasteiger partial charge on any atom is 0.171 e. The predicted molar refractivity (Wildman–Crippen MR) is 111 cm³/mol. The maximum absolute atomic E-state index is 5.73. The first-order valence-corrected chi connectivity index (χ1v) is 8.84. The van der Waals surface area contributed by atoms with Crippen LogP contribution in [0.3, 0.4) is 0 Å². The van der Waals surface area contributed by atoms with E-state index in [0.29, 0.717) is 22.6 Å². The predicted octanol–water partition coefficient (Wildman–Crippen LogP) is 4.67. The lowest BCUT2D eigenvalue weighted by atomic mass is 10.1. The van der Waals surface area contributed by atoms with E-state index in [1.165, 1.54) is 11.1 Å². The Bertz CT molecular complexity index is 864. The van der Waals surface area contributed by atoms with Crippen molar-refractivity contribution >= 4 is 46.1 Å². The summed E-state index contributed by atoms with van der Waals surface area (Å²) in [5, 5.41) is 18.2. The van der Waals surface area contributed by atoms with Gasteiger partial charge in [0.2, 0.25) is 0 Å². The van der Waals surface area contributed by atoms with Crippen LogP contribution in [-0.2, 0) is 6.54 Å². The van der Waals surface area contributed by atoms with Crippen molar-refractivity contribution in [2.45, 2.75) is 13.5 Å². The molecule has 26 heavy (non-hydrogen) atoms. The summed E-state index contributed by atoms with van der Waals surface area (Å²) in [7, 11) is 0. The van der Waals surface area contributed by atoms with Crippen LogP contribution >= 0.6 is 23.8 Å². The van der Waals surface area contributed by atoms with Gasteiger partial charge in [0.15, 0.2) is 16.1 Å². The number of aryl methyl sites for hydroxylation is 1. The van der Waals surface area contributed by atoms with Crippen LogP contribution in [0, 0.1) is 6.92 Å². The zero-order chi connectivity index (χ0) is 18.4. The van der Waals surface area contributed by atoms with Crippen LogP contribution in [-0.4, -0.2) is 15.3 Å². The number of nitrogens with one attached hydrogen (secondary N) is 3. The average Bonchev–Trinajstić information content (AvgIpc) is 2.65. The molecule has 0 aliphatic rings. The zero-order valence-electron chi connectivity index (χ0n) is 14.2. The van der Waals surface area contributed by atoms with E-state index >= 15 is 0 Å². The molecule has 132 valence electrons. The molecule has 1 heterocycles. The molecule has 3 aromatic rings. The van der Waals surface area contributed by atoms with Crippen LogP contribution in [0.25, 0.3) is 0 Å². The summed E-state index contributed by atoms with van der Waals surface area (Å²) in [6, 6.07) is 19.5. The highest BCUT2D eigenvalue weighted by atomic mass is 35.5. The summed E-state index contributed by atoms with van der Waals surface area (Å²) in [6.45, 7) is 2.75. The van der Waals surface area contributed by atoms with Gasteiger partial charge in [-0.25, -0.2) is 0 Å². The third-order valence-electron chi connectivity index (χ3n) is 3.62. The van der Waals surface area contributed by atoms with Gasteiger partial charge in [0.1, 0.15) is 0 Å². The van der Waals surface area contributed by atoms with E-state index in [-0.39, 0.29) is 0 Å². The molecule has 5 nitrogen and oxygen atoms in total. The largest absolute Gasteiger partial charge is 0.358 e. The van der Waals surface area contributed by atoms with Gasteiger partial charge in [-0.15, -0.1) is 10.2 Å². The molecule has 1 aromatic heterocycles. The highest BCUT2D eigenvalue weighted by Crippen LogP contribution is 2.18. The number of aromatic nitrogens is 2. The highest BCUT2D eigenvalue weighted by molar-refractivity contribution is 7.80. The van der Waals surface area contributed by atoms with Gasteiger partial charge in [0.25, 0.3) is 0 Å². The minimum absolute atomic E-state index is 0.363. The number of rotatable bonds is 5. The zero-order valence-corrected chi connectivity index (χ0v) is 15.7. The molecule has 0 fully saturated rings. The normalized spacial score (nSPS) is 10.2. The first-order valence-electron chi connectivity index (χ1n) is 8.05. The second kappa shape index (κ2) is 8.60. The monoisotopic (exact) mass is 383 g/mol. The Kier molecular flexibility index (Phi) is 5.99. The Morgan fingerprint density at radius 2 is 1.62 bits per heavy atom.